The number of rotatable bonds is 7. The van der Waals surface area contributed by atoms with Crippen molar-refractivity contribution in [3.8, 4) is 17.0 Å². The Morgan fingerprint density at radius 2 is 1.94 bits per heavy atom. The molecule has 0 saturated heterocycles. The van der Waals surface area contributed by atoms with Crippen LogP contribution in [-0.2, 0) is 13.1 Å². The fourth-order valence-corrected chi connectivity index (χ4v) is 4.43. The summed E-state index contributed by atoms with van der Waals surface area (Å²) in [6.07, 6.45) is 1.85. The topological polar surface area (TPSA) is 47.4 Å². The van der Waals surface area contributed by atoms with Crippen molar-refractivity contribution in [2.45, 2.75) is 20.0 Å². The Bertz CT molecular complexity index is 1180. The number of methoxy groups -OCH3 is 1. The first kappa shape index (κ1) is 20.9. The van der Waals surface area contributed by atoms with Gasteiger partial charge in [-0.15, -0.1) is 11.3 Å². The number of nitrogens with zero attached hydrogens (tertiary/aromatic N) is 3. The van der Waals surface area contributed by atoms with Crippen molar-refractivity contribution in [1.29, 1.82) is 0 Å². The van der Waals surface area contributed by atoms with E-state index in [-0.39, 0.29) is 5.91 Å². The molecule has 158 valence electrons. The van der Waals surface area contributed by atoms with E-state index >= 15 is 0 Å². The number of aromatic nitrogens is 2. The summed E-state index contributed by atoms with van der Waals surface area (Å²) in [7, 11) is 3.47. The van der Waals surface area contributed by atoms with Gasteiger partial charge in [-0.25, -0.2) is 0 Å². The van der Waals surface area contributed by atoms with Gasteiger partial charge in [0, 0.05) is 23.7 Å². The number of aryl methyl sites for hydroxylation is 1. The Morgan fingerprint density at radius 1 is 1.13 bits per heavy atom. The van der Waals surface area contributed by atoms with E-state index in [0.29, 0.717) is 24.3 Å². The third-order valence-electron chi connectivity index (χ3n) is 5.22. The third-order valence-corrected chi connectivity index (χ3v) is 6.23. The summed E-state index contributed by atoms with van der Waals surface area (Å²) in [4.78, 5) is 16.4. The molecule has 0 atom stereocenters. The van der Waals surface area contributed by atoms with Gasteiger partial charge < -0.3 is 9.64 Å². The molecular weight excluding hydrogens is 406 g/mol. The van der Waals surface area contributed by atoms with Crippen LogP contribution >= 0.6 is 11.3 Å². The lowest BCUT2D eigenvalue weighted by atomic mass is 10.1. The zero-order chi connectivity index (χ0) is 21.8. The summed E-state index contributed by atoms with van der Waals surface area (Å²) in [6, 6.07) is 19.9. The number of thiophene rings is 1. The molecule has 0 unspecified atom stereocenters. The number of carbonyl (C=O) groups is 1. The van der Waals surface area contributed by atoms with E-state index in [2.05, 4.69) is 30.5 Å². The molecule has 2 heterocycles. The van der Waals surface area contributed by atoms with Gasteiger partial charge >= 0.3 is 0 Å². The third kappa shape index (κ3) is 4.70. The molecule has 5 nitrogen and oxygen atoms in total. The molecule has 4 aromatic rings. The van der Waals surface area contributed by atoms with Crippen LogP contribution in [0.2, 0.25) is 0 Å². The number of carbonyl (C=O) groups excluding carboxylic acids is 1. The quantitative estimate of drug-likeness (QED) is 0.402. The minimum atomic E-state index is -0.0510. The van der Waals surface area contributed by atoms with Crippen LogP contribution in [0.25, 0.3) is 11.3 Å². The van der Waals surface area contributed by atoms with Crippen LogP contribution in [0.15, 0.2) is 72.2 Å². The van der Waals surface area contributed by atoms with Crippen molar-refractivity contribution in [1.82, 2.24) is 14.7 Å². The molecule has 0 bridgehead atoms. The molecule has 4 rings (SSSR count). The number of ether oxygens (including phenoxy) is 1. The number of hydrogen-bond donors (Lipinski definition) is 0. The van der Waals surface area contributed by atoms with Crippen molar-refractivity contribution in [2.75, 3.05) is 14.2 Å². The molecule has 0 N–H and O–H groups in total. The SMILES string of the molecule is COc1cccc(-c2nn(Cc3ccccc3)cc2C(=O)N(C)Cc2sccc2C)c1. The van der Waals surface area contributed by atoms with E-state index in [1.807, 2.05) is 60.4 Å². The molecule has 0 saturated carbocycles. The number of benzene rings is 2. The van der Waals surface area contributed by atoms with Gasteiger partial charge in [0.25, 0.3) is 5.91 Å². The Labute approximate surface area is 186 Å². The predicted octanol–water partition coefficient (Wildman–Crippen LogP) is 5.25. The summed E-state index contributed by atoms with van der Waals surface area (Å²) in [5.41, 5.74) is 4.44. The van der Waals surface area contributed by atoms with E-state index in [1.54, 1.807) is 23.3 Å². The second-order valence-corrected chi connectivity index (χ2v) is 8.50. The predicted molar refractivity (Wildman–Crippen MR) is 125 cm³/mol. The molecule has 0 fully saturated rings. The van der Waals surface area contributed by atoms with Gasteiger partial charge in [0.1, 0.15) is 11.4 Å². The van der Waals surface area contributed by atoms with E-state index in [1.165, 1.54) is 10.4 Å². The second-order valence-electron chi connectivity index (χ2n) is 7.49. The number of hydrogen-bond acceptors (Lipinski definition) is 4. The highest BCUT2D eigenvalue weighted by Gasteiger charge is 2.22. The first-order valence-electron chi connectivity index (χ1n) is 10.1. The van der Waals surface area contributed by atoms with Crippen LogP contribution < -0.4 is 4.74 Å². The van der Waals surface area contributed by atoms with Gasteiger partial charge in [0.2, 0.25) is 0 Å². The van der Waals surface area contributed by atoms with Crippen molar-refractivity contribution >= 4 is 17.2 Å². The van der Waals surface area contributed by atoms with Crippen LogP contribution in [0, 0.1) is 6.92 Å². The number of amides is 1. The average molecular weight is 432 g/mol. The standard InChI is InChI=1S/C25H25N3O2S/c1-18-12-13-31-23(18)17-27(2)25(29)22-16-28(15-19-8-5-4-6-9-19)26-24(22)20-10-7-11-21(14-20)30-3/h4-14,16H,15,17H2,1-3H3. The summed E-state index contributed by atoms with van der Waals surface area (Å²) < 4.78 is 7.22. The minimum absolute atomic E-state index is 0.0510. The molecule has 2 aromatic carbocycles. The van der Waals surface area contributed by atoms with Gasteiger partial charge in [-0.05, 0) is 41.6 Å². The maximum atomic E-state index is 13.4. The van der Waals surface area contributed by atoms with Crippen LogP contribution in [-0.4, -0.2) is 34.7 Å². The van der Waals surface area contributed by atoms with Gasteiger partial charge in [-0.2, -0.15) is 5.10 Å². The molecule has 6 heteroatoms. The Hall–Kier alpha value is -3.38. The van der Waals surface area contributed by atoms with Gasteiger partial charge in [0.15, 0.2) is 0 Å². The van der Waals surface area contributed by atoms with Crippen molar-refractivity contribution in [2.24, 2.45) is 0 Å². The molecule has 1 amide bonds. The average Bonchev–Trinajstić information content (AvgIpc) is 3.40. The van der Waals surface area contributed by atoms with Crippen LogP contribution in [0.5, 0.6) is 5.75 Å². The summed E-state index contributed by atoms with van der Waals surface area (Å²) >= 11 is 1.67. The first-order valence-corrected chi connectivity index (χ1v) is 11.0. The van der Waals surface area contributed by atoms with Crippen molar-refractivity contribution in [3.05, 3.63) is 93.8 Å². The largest absolute Gasteiger partial charge is 0.497 e. The highest BCUT2D eigenvalue weighted by molar-refractivity contribution is 7.10. The Kier molecular flexibility index (Phi) is 6.18. The maximum absolute atomic E-state index is 13.4. The normalized spacial score (nSPS) is 10.8. The molecule has 31 heavy (non-hydrogen) atoms. The lowest BCUT2D eigenvalue weighted by Gasteiger charge is -2.17. The molecule has 0 spiro atoms. The fourth-order valence-electron chi connectivity index (χ4n) is 3.47. The maximum Gasteiger partial charge on any atom is 0.257 e. The Balaban J connectivity index is 1.70. The zero-order valence-corrected chi connectivity index (χ0v) is 18.7. The van der Waals surface area contributed by atoms with Gasteiger partial charge in [-0.3, -0.25) is 9.48 Å². The monoisotopic (exact) mass is 431 g/mol. The van der Waals surface area contributed by atoms with Gasteiger partial charge in [-0.1, -0.05) is 42.5 Å². The van der Waals surface area contributed by atoms with E-state index < -0.39 is 0 Å². The molecular formula is C25H25N3O2S. The van der Waals surface area contributed by atoms with E-state index in [0.717, 1.165) is 16.9 Å². The van der Waals surface area contributed by atoms with Crippen LogP contribution in [0.3, 0.4) is 0 Å². The highest BCUT2D eigenvalue weighted by atomic mass is 32.1. The molecule has 2 aromatic heterocycles. The minimum Gasteiger partial charge on any atom is -0.497 e. The summed E-state index contributed by atoms with van der Waals surface area (Å²) in [5, 5.41) is 6.84. The lowest BCUT2D eigenvalue weighted by Crippen LogP contribution is -2.26. The van der Waals surface area contributed by atoms with E-state index in [4.69, 9.17) is 9.84 Å². The van der Waals surface area contributed by atoms with Crippen molar-refractivity contribution in [3.63, 3.8) is 0 Å². The highest BCUT2D eigenvalue weighted by Crippen LogP contribution is 2.28. The van der Waals surface area contributed by atoms with Crippen molar-refractivity contribution < 1.29 is 9.53 Å². The smallest absolute Gasteiger partial charge is 0.257 e. The van der Waals surface area contributed by atoms with Crippen LogP contribution in [0.1, 0.15) is 26.4 Å². The summed E-state index contributed by atoms with van der Waals surface area (Å²) in [5.74, 6) is 0.681. The molecule has 0 aliphatic rings. The first-order chi connectivity index (χ1) is 15.0. The molecule has 0 radical (unpaired) electrons. The fraction of sp³-hybridized carbons (Fsp3) is 0.200. The second kappa shape index (κ2) is 9.18. The van der Waals surface area contributed by atoms with Gasteiger partial charge in [0.05, 0.1) is 25.8 Å². The zero-order valence-electron chi connectivity index (χ0n) is 17.9. The van der Waals surface area contributed by atoms with Crippen LogP contribution in [0.4, 0.5) is 0 Å². The lowest BCUT2D eigenvalue weighted by molar-refractivity contribution is 0.0787. The molecule has 0 aliphatic carbocycles. The Morgan fingerprint density at radius 3 is 2.65 bits per heavy atom. The van der Waals surface area contributed by atoms with E-state index in [9.17, 15) is 4.79 Å². The molecule has 0 aliphatic heterocycles. The summed E-state index contributed by atoms with van der Waals surface area (Å²) in [6.45, 7) is 3.24.